The smallest absolute Gasteiger partial charge is 0.409 e. The van der Waals surface area contributed by atoms with E-state index in [1.165, 1.54) is 11.0 Å². The predicted octanol–water partition coefficient (Wildman–Crippen LogP) is 4.85. The van der Waals surface area contributed by atoms with E-state index in [1.807, 2.05) is 6.07 Å². The molecule has 12 heteroatoms. The third kappa shape index (κ3) is 5.54. The second-order valence-electron chi connectivity index (χ2n) is 14.3. The van der Waals surface area contributed by atoms with Crippen molar-refractivity contribution in [2.75, 3.05) is 51.8 Å². The number of pyridine rings is 1. The maximum absolute atomic E-state index is 17.0. The second-order valence-corrected chi connectivity index (χ2v) is 14.3. The number of piperazine rings is 1. The fourth-order valence-corrected chi connectivity index (χ4v) is 8.45. The van der Waals surface area contributed by atoms with E-state index in [-0.39, 0.29) is 53.9 Å². The van der Waals surface area contributed by atoms with Gasteiger partial charge < -0.3 is 29.7 Å². The number of halogens is 1. The number of terminal acetylenes is 1. The number of carbonyl (C=O) groups is 1. The van der Waals surface area contributed by atoms with Crippen molar-refractivity contribution in [3.8, 4) is 35.4 Å². The average molecular weight is 678 g/mol. The molecule has 258 valence electrons. The van der Waals surface area contributed by atoms with Crippen molar-refractivity contribution in [1.82, 2.24) is 30.1 Å². The number of hydrogen-bond acceptors (Lipinski definition) is 10. The highest BCUT2D eigenvalue weighted by Gasteiger charge is 2.51. The molecule has 2 unspecified atom stereocenters. The van der Waals surface area contributed by atoms with Crippen molar-refractivity contribution in [3.63, 3.8) is 0 Å². The highest BCUT2D eigenvalue weighted by atomic mass is 19.1. The highest BCUT2D eigenvalue weighted by molar-refractivity contribution is 6.02. The number of carbonyl (C=O) groups excluding carboxylic acids is 1. The van der Waals surface area contributed by atoms with Gasteiger partial charge >= 0.3 is 12.1 Å². The van der Waals surface area contributed by atoms with Crippen LogP contribution in [0.1, 0.15) is 37.7 Å². The van der Waals surface area contributed by atoms with Crippen LogP contribution in [0.5, 0.6) is 11.8 Å². The summed E-state index contributed by atoms with van der Waals surface area (Å²) in [7, 11) is 3.33. The Morgan fingerprint density at radius 2 is 2.02 bits per heavy atom. The largest absolute Gasteiger partial charge is 0.508 e. The van der Waals surface area contributed by atoms with Gasteiger partial charge in [0.1, 0.15) is 36.0 Å². The zero-order chi connectivity index (χ0) is 34.7. The van der Waals surface area contributed by atoms with Crippen LogP contribution in [-0.4, -0.2) is 107 Å². The van der Waals surface area contributed by atoms with E-state index in [4.69, 9.17) is 25.9 Å². The molecule has 0 spiro atoms. The van der Waals surface area contributed by atoms with Gasteiger partial charge in [0, 0.05) is 74.6 Å². The van der Waals surface area contributed by atoms with Gasteiger partial charge in [0.15, 0.2) is 5.82 Å². The second kappa shape index (κ2) is 12.4. The van der Waals surface area contributed by atoms with Crippen LogP contribution in [0.4, 0.5) is 15.0 Å². The van der Waals surface area contributed by atoms with Crippen LogP contribution in [0.2, 0.25) is 0 Å². The Morgan fingerprint density at radius 1 is 1.22 bits per heavy atom. The summed E-state index contributed by atoms with van der Waals surface area (Å²) in [5, 5.41) is 16.1. The van der Waals surface area contributed by atoms with E-state index < -0.39 is 5.82 Å². The first kappa shape index (κ1) is 32.2. The van der Waals surface area contributed by atoms with Gasteiger partial charge in [0.05, 0.1) is 10.9 Å². The Morgan fingerprint density at radius 3 is 2.78 bits per heavy atom. The quantitative estimate of drug-likeness (QED) is 0.208. The molecule has 1 amide bonds. The molecule has 50 heavy (non-hydrogen) atoms. The van der Waals surface area contributed by atoms with Gasteiger partial charge in [0.2, 0.25) is 0 Å². The molecule has 2 aromatic carbocycles. The Hall–Kier alpha value is -4.99. The van der Waals surface area contributed by atoms with Crippen LogP contribution in [0.15, 0.2) is 48.7 Å². The number of fused-ring (bicyclic) bond motifs is 5. The highest BCUT2D eigenvalue weighted by Crippen LogP contribution is 2.45. The minimum absolute atomic E-state index is 0.0276. The van der Waals surface area contributed by atoms with Gasteiger partial charge in [-0.15, -0.1) is 6.42 Å². The number of nitrogens with zero attached hydrogens (tertiary/aromatic N) is 6. The van der Waals surface area contributed by atoms with Gasteiger partial charge in [0.25, 0.3) is 0 Å². The number of aromatic hydroxyl groups is 1. The molecular weight excluding hydrogens is 637 g/mol. The Kier molecular flexibility index (Phi) is 8.00. The summed E-state index contributed by atoms with van der Waals surface area (Å²) in [5.74, 6) is 2.59. The van der Waals surface area contributed by atoms with Crippen molar-refractivity contribution in [1.29, 1.82) is 0 Å². The van der Waals surface area contributed by atoms with E-state index in [0.717, 1.165) is 50.8 Å². The molecule has 4 fully saturated rings. The van der Waals surface area contributed by atoms with Crippen LogP contribution >= 0.6 is 0 Å². The van der Waals surface area contributed by atoms with Crippen molar-refractivity contribution < 1.29 is 23.8 Å². The summed E-state index contributed by atoms with van der Waals surface area (Å²) in [6, 6.07) is 9.24. The summed E-state index contributed by atoms with van der Waals surface area (Å²) >= 11 is 0. The number of aromatic nitrogens is 3. The molecule has 0 aliphatic carbocycles. The van der Waals surface area contributed by atoms with Crippen LogP contribution in [0.3, 0.4) is 0 Å². The van der Waals surface area contributed by atoms with Gasteiger partial charge in [-0.2, -0.15) is 9.97 Å². The van der Waals surface area contributed by atoms with Crippen molar-refractivity contribution in [2.45, 2.75) is 55.8 Å². The molecule has 2 N–H and O–H groups in total. The number of rotatable bonds is 7. The molecule has 0 saturated carbocycles. The Bertz CT molecular complexity index is 2070. The fraction of sp³-hybridized carbons (Fsp3) is 0.421. The molecule has 6 heterocycles. The minimum Gasteiger partial charge on any atom is -0.508 e. The first-order valence-electron chi connectivity index (χ1n) is 17.1. The Labute approximate surface area is 290 Å². The lowest BCUT2D eigenvalue weighted by Gasteiger charge is -2.35. The van der Waals surface area contributed by atoms with E-state index >= 15 is 4.39 Å². The summed E-state index contributed by atoms with van der Waals surface area (Å²) in [6.07, 6.45) is 11.6. The van der Waals surface area contributed by atoms with Crippen molar-refractivity contribution in [2.24, 2.45) is 0 Å². The summed E-state index contributed by atoms with van der Waals surface area (Å²) < 4.78 is 29.0. The lowest BCUT2D eigenvalue weighted by Crippen LogP contribution is -2.51. The molecular formula is C38H40FN7O4. The van der Waals surface area contributed by atoms with E-state index in [9.17, 15) is 9.90 Å². The SMILES string of the molecule is C#Cc1cccc2cc(O)cc(-c3ncc4c(N5C[C@H]6CC[C@@H](C5)N6)nc(OCC56CCC(COC(=O)N(C)C)N5CC(=C)C6)nc4c3F)c12. The summed E-state index contributed by atoms with van der Waals surface area (Å²) in [4.78, 5) is 32.3. The van der Waals surface area contributed by atoms with E-state index in [1.54, 1.807) is 38.5 Å². The number of phenols is 1. The fourth-order valence-electron chi connectivity index (χ4n) is 8.45. The van der Waals surface area contributed by atoms with Gasteiger partial charge in [-0.1, -0.05) is 30.2 Å². The average Bonchev–Trinajstić information content (AvgIpc) is 3.74. The van der Waals surface area contributed by atoms with E-state index in [0.29, 0.717) is 51.7 Å². The molecule has 8 rings (SSSR count). The van der Waals surface area contributed by atoms with E-state index in [2.05, 4.69) is 32.6 Å². The molecule has 4 saturated heterocycles. The zero-order valence-electron chi connectivity index (χ0n) is 28.3. The number of benzene rings is 2. The normalized spacial score (nSPS) is 24.5. The monoisotopic (exact) mass is 677 g/mol. The number of amides is 1. The molecule has 2 bridgehead atoms. The maximum Gasteiger partial charge on any atom is 0.409 e. The third-order valence-corrected chi connectivity index (χ3v) is 10.7. The Balaban J connectivity index is 1.18. The van der Waals surface area contributed by atoms with Gasteiger partial charge in [-0.05, 0) is 55.7 Å². The lowest BCUT2D eigenvalue weighted by atomic mass is 9.94. The summed E-state index contributed by atoms with van der Waals surface area (Å²) in [6.45, 7) is 6.95. The van der Waals surface area contributed by atoms with Crippen LogP contribution in [0, 0.1) is 18.2 Å². The zero-order valence-corrected chi connectivity index (χ0v) is 28.3. The molecule has 2 aromatic heterocycles. The minimum atomic E-state index is -0.648. The lowest BCUT2D eigenvalue weighted by molar-refractivity contribution is 0.0485. The first-order chi connectivity index (χ1) is 24.1. The number of nitrogens with one attached hydrogen (secondary N) is 1. The topological polar surface area (TPSA) is 116 Å². The number of hydrogen-bond donors (Lipinski definition) is 2. The maximum atomic E-state index is 17.0. The number of ether oxygens (including phenoxy) is 2. The van der Waals surface area contributed by atoms with Gasteiger partial charge in [-0.25, -0.2) is 9.18 Å². The number of phenolic OH excluding ortho intramolecular Hbond substituents is 1. The van der Waals surface area contributed by atoms with Crippen molar-refractivity contribution >= 4 is 33.6 Å². The first-order valence-corrected chi connectivity index (χ1v) is 17.1. The molecule has 4 atom stereocenters. The molecule has 4 aromatic rings. The third-order valence-electron chi connectivity index (χ3n) is 10.7. The molecule has 4 aliphatic rings. The molecule has 4 aliphatic heterocycles. The van der Waals surface area contributed by atoms with Crippen LogP contribution in [0.25, 0.3) is 32.9 Å². The predicted molar refractivity (Wildman–Crippen MR) is 189 cm³/mol. The standard InChI is InChI=1S/C38H40FN7O4/c1-5-23-7-6-8-24-13-28(47)14-29(31(23)24)33-32(39)34-30(16-40-33)35(45-18-25-9-10-26(19-45)41-25)43-36(42-34)50-21-38-12-11-27(20-49-37(48)44(3)4)46(38)17-22(2)15-38/h1,6-8,13-14,16,25-27,41,47H,2,9-12,15,17-21H2,3-4H3/t25-,26+,27?,38?. The van der Waals surface area contributed by atoms with Crippen LogP contribution < -0.4 is 15.0 Å². The van der Waals surface area contributed by atoms with Gasteiger partial charge in [-0.3, -0.25) is 9.88 Å². The molecule has 11 nitrogen and oxygen atoms in total. The van der Waals surface area contributed by atoms with Crippen LogP contribution in [-0.2, 0) is 4.74 Å². The summed E-state index contributed by atoms with van der Waals surface area (Å²) in [5.41, 5.74) is 1.77. The number of anilines is 1. The van der Waals surface area contributed by atoms with Crippen molar-refractivity contribution in [3.05, 3.63) is 60.1 Å². The molecule has 0 radical (unpaired) electrons.